The second kappa shape index (κ2) is 7.34. The van der Waals surface area contributed by atoms with Gasteiger partial charge in [0.2, 0.25) is 15.9 Å². The molecule has 0 bridgehead atoms. The van der Waals surface area contributed by atoms with Crippen molar-refractivity contribution in [1.82, 2.24) is 4.31 Å². The minimum absolute atomic E-state index is 0.158. The van der Waals surface area contributed by atoms with Crippen LogP contribution in [0.3, 0.4) is 0 Å². The predicted molar refractivity (Wildman–Crippen MR) is 95.8 cm³/mol. The second-order valence-electron chi connectivity index (χ2n) is 5.58. The van der Waals surface area contributed by atoms with Crippen molar-refractivity contribution in [3.05, 3.63) is 58.6 Å². The Bertz CT molecular complexity index is 849. The fraction of sp³-hybridized carbons (Fsp3) is 0.235. The molecule has 2 aromatic carbocycles. The van der Waals surface area contributed by atoms with Crippen LogP contribution in [0.4, 0.5) is 5.69 Å². The van der Waals surface area contributed by atoms with Crippen LogP contribution in [0.5, 0.6) is 0 Å². The van der Waals surface area contributed by atoms with Crippen molar-refractivity contribution >= 4 is 33.2 Å². The predicted octanol–water partition coefficient (Wildman–Crippen LogP) is 3.22. The lowest BCUT2D eigenvalue weighted by Gasteiger charge is -2.17. The van der Waals surface area contributed by atoms with Gasteiger partial charge in [0.05, 0.1) is 11.4 Å². The zero-order valence-corrected chi connectivity index (χ0v) is 15.3. The summed E-state index contributed by atoms with van der Waals surface area (Å²) < 4.78 is 26.0. The summed E-state index contributed by atoms with van der Waals surface area (Å²) in [6, 6.07) is 11.6. The molecule has 0 radical (unpaired) electrons. The summed E-state index contributed by atoms with van der Waals surface area (Å²) >= 11 is 5.88. The molecular formula is C17H19ClN2O3S. The van der Waals surface area contributed by atoms with Gasteiger partial charge < -0.3 is 5.32 Å². The largest absolute Gasteiger partial charge is 0.325 e. The number of anilines is 1. The van der Waals surface area contributed by atoms with E-state index in [9.17, 15) is 13.2 Å². The summed E-state index contributed by atoms with van der Waals surface area (Å²) in [7, 11) is -2.33. The first-order valence-corrected chi connectivity index (χ1v) is 9.11. The number of nitrogens with one attached hydrogen (secondary N) is 1. The normalized spacial score (nSPS) is 11.5. The third-order valence-corrected chi connectivity index (χ3v) is 5.61. The van der Waals surface area contributed by atoms with Gasteiger partial charge in [0.25, 0.3) is 0 Å². The first-order chi connectivity index (χ1) is 11.2. The highest BCUT2D eigenvalue weighted by Crippen LogP contribution is 2.20. The third kappa shape index (κ3) is 4.35. The Labute approximate surface area is 147 Å². The van der Waals surface area contributed by atoms with E-state index in [-0.39, 0.29) is 11.4 Å². The number of carbonyl (C=O) groups is 1. The number of nitrogens with zero attached hydrogens (tertiary/aromatic N) is 1. The fourth-order valence-corrected chi connectivity index (χ4v) is 3.49. The Hall–Kier alpha value is -1.89. The topological polar surface area (TPSA) is 66.5 Å². The number of hydrogen-bond acceptors (Lipinski definition) is 3. The number of halogens is 1. The van der Waals surface area contributed by atoms with Crippen LogP contribution in [0.25, 0.3) is 0 Å². The summed E-state index contributed by atoms with van der Waals surface area (Å²) in [6.45, 7) is 3.41. The SMILES string of the molecule is Cc1ccc(S(=O)(=O)N(C)CC(=O)Nc2ccc(Cl)cc2C)cc1. The van der Waals surface area contributed by atoms with Crippen molar-refractivity contribution in [3.8, 4) is 0 Å². The van der Waals surface area contributed by atoms with Crippen LogP contribution in [-0.4, -0.2) is 32.2 Å². The smallest absolute Gasteiger partial charge is 0.243 e. The minimum Gasteiger partial charge on any atom is -0.325 e. The second-order valence-corrected chi connectivity index (χ2v) is 8.06. The van der Waals surface area contributed by atoms with Crippen LogP contribution in [0.1, 0.15) is 11.1 Å². The fourth-order valence-electron chi connectivity index (χ4n) is 2.13. The zero-order chi connectivity index (χ0) is 17.9. The molecule has 0 atom stereocenters. The number of carbonyl (C=O) groups excluding carboxylic acids is 1. The van der Waals surface area contributed by atoms with Gasteiger partial charge in [-0.25, -0.2) is 8.42 Å². The molecule has 24 heavy (non-hydrogen) atoms. The molecule has 128 valence electrons. The van der Waals surface area contributed by atoms with Crippen molar-refractivity contribution in [3.63, 3.8) is 0 Å². The van der Waals surface area contributed by atoms with E-state index < -0.39 is 15.9 Å². The maximum Gasteiger partial charge on any atom is 0.243 e. The van der Waals surface area contributed by atoms with E-state index in [0.717, 1.165) is 15.4 Å². The summed E-state index contributed by atoms with van der Waals surface area (Å²) in [5.41, 5.74) is 2.37. The number of benzene rings is 2. The van der Waals surface area contributed by atoms with Gasteiger partial charge in [-0.15, -0.1) is 0 Å². The van der Waals surface area contributed by atoms with E-state index in [4.69, 9.17) is 11.6 Å². The summed E-state index contributed by atoms with van der Waals surface area (Å²) in [6.07, 6.45) is 0. The molecular weight excluding hydrogens is 348 g/mol. The van der Waals surface area contributed by atoms with Gasteiger partial charge in [-0.05, 0) is 49.7 Å². The van der Waals surface area contributed by atoms with Crippen LogP contribution < -0.4 is 5.32 Å². The minimum atomic E-state index is -3.71. The van der Waals surface area contributed by atoms with Gasteiger partial charge in [-0.1, -0.05) is 29.3 Å². The standard InChI is InChI=1S/C17H19ClN2O3S/c1-12-4-7-15(8-5-12)24(22,23)20(3)11-17(21)19-16-9-6-14(18)10-13(16)2/h4-10H,11H2,1-3H3,(H,19,21). The lowest BCUT2D eigenvalue weighted by molar-refractivity contribution is -0.116. The summed E-state index contributed by atoms with van der Waals surface area (Å²) in [5, 5.41) is 3.27. The van der Waals surface area contributed by atoms with Gasteiger partial charge in [0, 0.05) is 17.8 Å². The summed E-state index contributed by atoms with van der Waals surface area (Å²) in [5.74, 6) is -0.418. The van der Waals surface area contributed by atoms with Gasteiger partial charge in [0.1, 0.15) is 0 Å². The molecule has 5 nitrogen and oxygen atoms in total. The molecule has 2 aromatic rings. The molecule has 1 amide bonds. The number of aryl methyl sites for hydroxylation is 2. The molecule has 7 heteroatoms. The monoisotopic (exact) mass is 366 g/mol. The average molecular weight is 367 g/mol. The van der Waals surface area contributed by atoms with Crippen molar-refractivity contribution in [1.29, 1.82) is 0 Å². The first-order valence-electron chi connectivity index (χ1n) is 7.29. The molecule has 1 N–H and O–H groups in total. The average Bonchev–Trinajstić information content (AvgIpc) is 2.50. The Kier molecular flexibility index (Phi) is 5.64. The highest BCUT2D eigenvalue weighted by atomic mass is 35.5. The Morgan fingerprint density at radius 3 is 2.33 bits per heavy atom. The van der Waals surface area contributed by atoms with Crippen molar-refractivity contribution in [2.45, 2.75) is 18.7 Å². The molecule has 2 rings (SSSR count). The lowest BCUT2D eigenvalue weighted by atomic mass is 10.2. The van der Waals surface area contributed by atoms with E-state index in [1.165, 1.54) is 19.2 Å². The molecule has 0 heterocycles. The lowest BCUT2D eigenvalue weighted by Crippen LogP contribution is -2.35. The number of sulfonamides is 1. The Morgan fingerprint density at radius 2 is 1.75 bits per heavy atom. The number of hydrogen-bond donors (Lipinski definition) is 1. The van der Waals surface area contributed by atoms with Gasteiger partial charge in [-0.2, -0.15) is 4.31 Å². The van der Waals surface area contributed by atoms with E-state index in [1.54, 1.807) is 30.3 Å². The maximum atomic E-state index is 12.5. The molecule has 0 fully saturated rings. The van der Waals surface area contributed by atoms with Gasteiger partial charge >= 0.3 is 0 Å². The molecule has 0 saturated carbocycles. The van der Waals surface area contributed by atoms with Crippen molar-refractivity contribution in [2.24, 2.45) is 0 Å². The quantitative estimate of drug-likeness (QED) is 0.883. The van der Waals surface area contributed by atoms with Crippen molar-refractivity contribution in [2.75, 3.05) is 18.9 Å². The third-order valence-electron chi connectivity index (χ3n) is 3.56. The molecule has 0 unspecified atom stereocenters. The highest BCUT2D eigenvalue weighted by Gasteiger charge is 2.23. The molecule has 0 aliphatic carbocycles. The van der Waals surface area contributed by atoms with E-state index in [1.807, 2.05) is 13.8 Å². The number of likely N-dealkylation sites (N-methyl/N-ethyl adjacent to an activating group) is 1. The van der Waals surface area contributed by atoms with E-state index in [2.05, 4.69) is 5.32 Å². The van der Waals surface area contributed by atoms with Gasteiger partial charge in [0.15, 0.2) is 0 Å². The highest BCUT2D eigenvalue weighted by molar-refractivity contribution is 7.89. The van der Waals surface area contributed by atoms with Crippen LogP contribution in [0.2, 0.25) is 5.02 Å². The van der Waals surface area contributed by atoms with Crippen LogP contribution in [-0.2, 0) is 14.8 Å². The molecule has 0 aliphatic rings. The first kappa shape index (κ1) is 18.4. The van der Waals surface area contributed by atoms with Gasteiger partial charge in [-0.3, -0.25) is 4.79 Å². The van der Waals surface area contributed by atoms with E-state index >= 15 is 0 Å². The summed E-state index contributed by atoms with van der Waals surface area (Å²) in [4.78, 5) is 12.3. The molecule has 0 saturated heterocycles. The number of amides is 1. The Balaban J connectivity index is 2.09. The molecule has 0 spiro atoms. The Morgan fingerprint density at radius 1 is 1.12 bits per heavy atom. The molecule has 0 aliphatic heterocycles. The molecule has 0 aromatic heterocycles. The van der Waals surface area contributed by atoms with E-state index in [0.29, 0.717) is 10.7 Å². The van der Waals surface area contributed by atoms with Crippen molar-refractivity contribution < 1.29 is 13.2 Å². The number of rotatable bonds is 5. The van der Waals surface area contributed by atoms with Crippen LogP contribution in [0.15, 0.2) is 47.4 Å². The van der Waals surface area contributed by atoms with Crippen LogP contribution >= 0.6 is 11.6 Å². The zero-order valence-electron chi connectivity index (χ0n) is 13.7. The maximum absolute atomic E-state index is 12.5. The van der Waals surface area contributed by atoms with Crippen LogP contribution in [0, 0.1) is 13.8 Å².